The average Bonchev–Trinajstić information content (AvgIpc) is 2.77. The third kappa shape index (κ3) is 3.80. The van der Waals surface area contributed by atoms with Crippen molar-refractivity contribution in [2.24, 2.45) is 0 Å². The number of hydrogen-bond acceptors (Lipinski definition) is 2. The van der Waals surface area contributed by atoms with Crippen LogP contribution in [0.4, 0.5) is 0 Å². The number of hydrogen-bond donors (Lipinski definition) is 1. The molecular formula is C16H23NO2. The van der Waals surface area contributed by atoms with Crippen LogP contribution in [-0.2, 0) is 4.79 Å². The van der Waals surface area contributed by atoms with Crippen molar-refractivity contribution in [2.45, 2.75) is 44.6 Å². The number of rotatable bonds is 6. The Morgan fingerprint density at radius 1 is 1.32 bits per heavy atom. The van der Waals surface area contributed by atoms with Gasteiger partial charge >= 0.3 is 5.97 Å². The molecule has 1 fully saturated rings. The number of aliphatic carboxylic acids is 1. The summed E-state index contributed by atoms with van der Waals surface area (Å²) in [5.41, 5.74) is 1.43. The third-order valence-electron chi connectivity index (χ3n) is 4.20. The summed E-state index contributed by atoms with van der Waals surface area (Å²) in [7, 11) is 0. The van der Waals surface area contributed by atoms with Gasteiger partial charge in [-0.05, 0) is 44.8 Å². The third-order valence-corrected chi connectivity index (χ3v) is 4.20. The van der Waals surface area contributed by atoms with Crippen LogP contribution in [0.2, 0.25) is 0 Å². The zero-order valence-corrected chi connectivity index (χ0v) is 11.6. The maximum atomic E-state index is 10.5. The average molecular weight is 261 g/mol. The maximum absolute atomic E-state index is 10.5. The first-order valence-corrected chi connectivity index (χ1v) is 7.19. The van der Waals surface area contributed by atoms with Gasteiger partial charge in [-0.25, -0.2) is 0 Å². The summed E-state index contributed by atoms with van der Waals surface area (Å²) >= 11 is 0. The van der Waals surface area contributed by atoms with Crippen molar-refractivity contribution in [2.75, 3.05) is 13.1 Å². The van der Waals surface area contributed by atoms with Crippen LogP contribution in [0.1, 0.15) is 44.1 Å². The van der Waals surface area contributed by atoms with Crippen LogP contribution in [0.15, 0.2) is 30.3 Å². The predicted octanol–water partition coefficient (Wildman–Crippen LogP) is 3.12. The Balaban J connectivity index is 1.81. The highest BCUT2D eigenvalue weighted by molar-refractivity contribution is 5.66. The molecule has 1 aliphatic heterocycles. The zero-order chi connectivity index (χ0) is 13.7. The molecule has 2 rings (SSSR count). The van der Waals surface area contributed by atoms with Gasteiger partial charge in [0.2, 0.25) is 0 Å². The Kier molecular flexibility index (Phi) is 4.97. The Bertz CT molecular complexity index is 404. The molecule has 2 atom stereocenters. The molecule has 1 aromatic rings. The van der Waals surface area contributed by atoms with Gasteiger partial charge in [0, 0.05) is 18.4 Å². The minimum atomic E-state index is -0.684. The molecule has 2 unspecified atom stereocenters. The fourth-order valence-electron chi connectivity index (χ4n) is 3.06. The predicted molar refractivity (Wildman–Crippen MR) is 76.3 cm³/mol. The number of nitrogens with zero attached hydrogens (tertiary/aromatic N) is 1. The summed E-state index contributed by atoms with van der Waals surface area (Å²) in [5.74, 6) is -0.0580. The molecular weight excluding hydrogens is 238 g/mol. The minimum Gasteiger partial charge on any atom is -0.481 e. The lowest BCUT2D eigenvalue weighted by atomic mass is 9.93. The Morgan fingerprint density at radius 3 is 2.74 bits per heavy atom. The standard InChI is InChI=1S/C16H23NO2/c1-13-15(14-7-3-2-4-8-14)10-12-17(13)11-6-5-9-16(18)19/h2-4,7-8,13,15H,5-6,9-12H2,1H3,(H,18,19). The second-order valence-corrected chi connectivity index (χ2v) is 5.43. The number of carboxylic acids is 1. The summed E-state index contributed by atoms with van der Waals surface area (Å²) in [6, 6.07) is 11.3. The van der Waals surface area contributed by atoms with Gasteiger partial charge in [-0.2, -0.15) is 0 Å². The molecule has 19 heavy (non-hydrogen) atoms. The molecule has 3 heteroatoms. The van der Waals surface area contributed by atoms with Crippen LogP contribution in [0.3, 0.4) is 0 Å². The van der Waals surface area contributed by atoms with Crippen LogP contribution in [0.25, 0.3) is 0 Å². The van der Waals surface area contributed by atoms with Crippen molar-refractivity contribution in [1.29, 1.82) is 0 Å². The first-order chi connectivity index (χ1) is 9.18. The van der Waals surface area contributed by atoms with E-state index in [1.807, 2.05) is 0 Å². The molecule has 0 aromatic heterocycles. The second-order valence-electron chi connectivity index (χ2n) is 5.43. The number of carbonyl (C=O) groups is 1. The van der Waals surface area contributed by atoms with Gasteiger partial charge < -0.3 is 10.0 Å². The van der Waals surface area contributed by atoms with E-state index < -0.39 is 5.97 Å². The van der Waals surface area contributed by atoms with E-state index in [1.165, 1.54) is 12.0 Å². The number of benzene rings is 1. The van der Waals surface area contributed by atoms with Gasteiger partial charge in [0.05, 0.1) is 0 Å². The highest BCUT2D eigenvalue weighted by Crippen LogP contribution is 2.33. The molecule has 0 aliphatic carbocycles. The largest absolute Gasteiger partial charge is 0.481 e. The lowest BCUT2D eigenvalue weighted by molar-refractivity contribution is -0.137. The molecule has 0 spiro atoms. The number of unbranched alkanes of at least 4 members (excludes halogenated alkanes) is 1. The van der Waals surface area contributed by atoms with Gasteiger partial charge in [-0.1, -0.05) is 30.3 Å². The van der Waals surface area contributed by atoms with Crippen LogP contribution >= 0.6 is 0 Å². The monoisotopic (exact) mass is 261 g/mol. The van der Waals surface area contributed by atoms with Gasteiger partial charge in [0.25, 0.3) is 0 Å². The zero-order valence-electron chi connectivity index (χ0n) is 11.6. The van der Waals surface area contributed by atoms with Gasteiger partial charge in [-0.15, -0.1) is 0 Å². The van der Waals surface area contributed by atoms with Crippen molar-refractivity contribution in [3.8, 4) is 0 Å². The Labute approximate surface area is 115 Å². The van der Waals surface area contributed by atoms with Gasteiger partial charge in [0.15, 0.2) is 0 Å². The molecule has 1 aromatic carbocycles. The van der Waals surface area contributed by atoms with Crippen molar-refractivity contribution in [1.82, 2.24) is 4.90 Å². The van der Waals surface area contributed by atoms with Crippen LogP contribution in [-0.4, -0.2) is 35.1 Å². The van der Waals surface area contributed by atoms with Crippen LogP contribution < -0.4 is 0 Å². The van der Waals surface area contributed by atoms with Crippen LogP contribution in [0.5, 0.6) is 0 Å². The highest BCUT2D eigenvalue weighted by Gasteiger charge is 2.30. The molecule has 104 valence electrons. The smallest absolute Gasteiger partial charge is 0.303 e. The summed E-state index contributed by atoms with van der Waals surface area (Å²) in [5, 5.41) is 8.63. The summed E-state index contributed by atoms with van der Waals surface area (Å²) in [6.07, 6.45) is 3.28. The van der Waals surface area contributed by atoms with E-state index in [0.717, 1.165) is 25.9 Å². The van der Waals surface area contributed by atoms with Crippen LogP contribution in [0, 0.1) is 0 Å². The van der Waals surface area contributed by atoms with E-state index in [1.54, 1.807) is 0 Å². The van der Waals surface area contributed by atoms with E-state index in [2.05, 4.69) is 42.2 Å². The topological polar surface area (TPSA) is 40.5 Å². The molecule has 1 aliphatic rings. The van der Waals surface area contributed by atoms with Gasteiger partial charge in [0.1, 0.15) is 0 Å². The SMILES string of the molecule is CC1C(c2ccccc2)CCN1CCCCC(=O)O. The normalized spacial score (nSPS) is 23.6. The van der Waals surface area contributed by atoms with Gasteiger partial charge in [-0.3, -0.25) is 4.79 Å². The van der Waals surface area contributed by atoms with Crippen molar-refractivity contribution in [3.63, 3.8) is 0 Å². The molecule has 0 bridgehead atoms. The van der Waals surface area contributed by atoms with E-state index in [0.29, 0.717) is 18.4 Å². The molecule has 0 saturated carbocycles. The molecule has 3 nitrogen and oxygen atoms in total. The van der Waals surface area contributed by atoms with Crippen molar-refractivity contribution in [3.05, 3.63) is 35.9 Å². The van der Waals surface area contributed by atoms with E-state index >= 15 is 0 Å². The highest BCUT2D eigenvalue weighted by atomic mass is 16.4. The van der Waals surface area contributed by atoms with E-state index in [-0.39, 0.29) is 0 Å². The molecule has 1 saturated heterocycles. The Hall–Kier alpha value is -1.35. The van der Waals surface area contributed by atoms with Crippen molar-refractivity contribution < 1.29 is 9.90 Å². The fraction of sp³-hybridized carbons (Fsp3) is 0.562. The maximum Gasteiger partial charge on any atom is 0.303 e. The lowest BCUT2D eigenvalue weighted by Gasteiger charge is -2.24. The number of carboxylic acid groups (broad SMARTS) is 1. The van der Waals surface area contributed by atoms with E-state index in [4.69, 9.17) is 5.11 Å². The van der Waals surface area contributed by atoms with E-state index in [9.17, 15) is 4.79 Å². The summed E-state index contributed by atoms with van der Waals surface area (Å²) in [4.78, 5) is 13.0. The van der Waals surface area contributed by atoms with Crippen molar-refractivity contribution >= 4 is 5.97 Å². The fourth-order valence-corrected chi connectivity index (χ4v) is 3.06. The first kappa shape index (κ1) is 14.1. The Morgan fingerprint density at radius 2 is 2.05 bits per heavy atom. The second kappa shape index (κ2) is 6.71. The minimum absolute atomic E-state index is 0.296. The molecule has 1 N–H and O–H groups in total. The quantitative estimate of drug-likeness (QED) is 0.800. The number of likely N-dealkylation sites (tertiary alicyclic amines) is 1. The first-order valence-electron chi connectivity index (χ1n) is 7.19. The molecule has 0 amide bonds. The summed E-state index contributed by atoms with van der Waals surface area (Å²) in [6.45, 7) is 4.45. The lowest BCUT2D eigenvalue weighted by Crippen LogP contribution is -2.30. The molecule has 0 radical (unpaired) electrons. The summed E-state index contributed by atoms with van der Waals surface area (Å²) < 4.78 is 0. The molecule has 1 heterocycles.